The molecular weight excluding hydrogens is 474 g/mol. The summed E-state index contributed by atoms with van der Waals surface area (Å²) in [5, 5.41) is 0. The summed E-state index contributed by atoms with van der Waals surface area (Å²) in [5.74, 6) is -2.07. The van der Waals surface area contributed by atoms with Crippen LogP contribution < -0.4 is 10.9 Å². The third-order valence-electron chi connectivity index (χ3n) is 3.05. The Balaban J connectivity index is 1.89. The Morgan fingerprint density at radius 2 is 1.15 bits per heavy atom. The Hall–Kier alpha value is -2.32. The summed E-state index contributed by atoms with van der Waals surface area (Å²) in [5.41, 5.74) is 5.30. The molecule has 0 fully saturated rings. The van der Waals surface area contributed by atoms with E-state index < -0.39 is 23.4 Å². The number of nitrogens with one attached hydrogen (secondary N) is 2. The molecule has 0 aliphatic heterocycles. The van der Waals surface area contributed by atoms with Crippen molar-refractivity contribution < 1.29 is 18.4 Å². The molecule has 0 aliphatic carbocycles. The number of amides is 2. The van der Waals surface area contributed by atoms with E-state index in [0.717, 1.165) is 12.2 Å². The minimum atomic E-state index is -0.602. The van der Waals surface area contributed by atoms with E-state index in [2.05, 4.69) is 42.7 Å². The number of benzene rings is 2. The second kappa shape index (κ2) is 9.40. The van der Waals surface area contributed by atoms with Crippen LogP contribution in [0, 0.1) is 11.6 Å². The molecule has 8 heteroatoms. The minimum Gasteiger partial charge on any atom is -0.268 e. The Morgan fingerprint density at radius 1 is 0.769 bits per heavy atom. The standard InChI is InChI=1S/C18H12Br2F2N2O2/c19-15-5-3-13(21)9-11(15)1-7-17(25)23-24-18(26)8-2-12-10-14(22)4-6-16(12)20/h1-10H,(H,23,25)(H,24,26)/b7-1+,8-2+. The fourth-order valence-electron chi connectivity index (χ4n) is 1.82. The van der Waals surface area contributed by atoms with E-state index in [1.165, 1.54) is 48.6 Å². The maximum atomic E-state index is 13.2. The quantitative estimate of drug-likeness (QED) is 0.499. The van der Waals surface area contributed by atoms with Crippen molar-refractivity contribution >= 4 is 55.8 Å². The van der Waals surface area contributed by atoms with E-state index >= 15 is 0 Å². The van der Waals surface area contributed by atoms with Crippen molar-refractivity contribution in [3.8, 4) is 0 Å². The molecule has 0 saturated heterocycles. The average molecular weight is 486 g/mol. The molecule has 2 aromatic rings. The number of carbonyl (C=O) groups is 2. The van der Waals surface area contributed by atoms with Gasteiger partial charge in [-0.15, -0.1) is 0 Å². The van der Waals surface area contributed by atoms with Crippen LogP contribution in [0.2, 0.25) is 0 Å². The first-order chi connectivity index (χ1) is 12.3. The zero-order valence-corrected chi connectivity index (χ0v) is 16.3. The van der Waals surface area contributed by atoms with Crippen molar-refractivity contribution in [1.29, 1.82) is 0 Å². The highest BCUT2D eigenvalue weighted by atomic mass is 79.9. The third kappa shape index (κ3) is 6.20. The number of halogens is 4. The summed E-state index contributed by atoms with van der Waals surface area (Å²) in [6, 6.07) is 8.11. The lowest BCUT2D eigenvalue weighted by Gasteiger charge is -2.03. The van der Waals surface area contributed by atoms with Gasteiger partial charge in [-0.2, -0.15) is 0 Å². The predicted molar refractivity (Wildman–Crippen MR) is 103 cm³/mol. The van der Waals surface area contributed by atoms with Crippen LogP contribution in [-0.2, 0) is 9.59 Å². The summed E-state index contributed by atoms with van der Waals surface area (Å²) in [6.07, 6.45) is 5.09. The van der Waals surface area contributed by atoms with E-state index in [0.29, 0.717) is 20.1 Å². The molecule has 0 heterocycles. The van der Waals surface area contributed by atoms with Gasteiger partial charge >= 0.3 is 0 Å². The second-order valence-corrected chi connectivity index (χ2v) is 6.69. The van der Waals surface area contributed by atoms with Gasteiger partial charge in [0.25, 0.3) is 11.8 Å². The Bertz CT molecular complexity index is 825. The third-order valence-corrected chi connectivity index (χ3v) is 4.50. The summed E-state index contributed by atoms with van der Waals surface area (Å²) >= 11 is 6.47. The number of carbonyl (C=O) groups excluding carboxylic acids is 2. The molecule has 0 aliphatic rings. The van der Waals surface area contributed by atoms with Gasteiger partial charge in [-0.25, -0.2) is 8.78 Å². The molecule has 2 amide bonds. The molecule has 0 atom stereocenters. The zero-order chi connectivity index (χ0) is 19.1. The number of rotatable bonds is 4. The van der Waals surface area contributed by atoms with Crippen molar-refractivity contribution in [2.45, 2.75) is 0 Å². The Kier molecular flexibility index (Phi) is 7.23. The van der Waals surface area contributed by atoms with E-state index in [-0.39, 0.29) is 0 Å². The molecule has 134 valence electrons. The highest BCUT2D eigenvalue weighted by Crippen LogP contribution is 2.19. The second-order valence-electron chi connectivity index (χ2n) is 4.98. The highest BCUT2D eigenvalue weighted by molar-refractivity contribution is 9.10. The van der Waals surface area contributed by atoms with Crippen LogP contribution >= 0.6 is 31.9 Å². The number of hydrogen-bond donors (Lipinski definition) is 2. The van der Waals surface area contributed by atoms with Gasteiger partial charge in [-0.05, 0) is 59.7 Å². The lowest BCUT2D eigenvalue weighted by molar-refractivity contribution is -0.123. The van der Waals surface area contributed by atoms with Crippen LogP contribution in [0.3, 0.4) is 0 Å². The molecule has 26 heavy (non-hydrogen) atoms. The fourth-order valence-corrected chi connectivity index (χ4v) is 2.58. The molecule has 2 N–H and O–H groups in total. The molecule has 0 radical (unpaired) electrons. The molecule has 0 aromatic heterocycles. The molecule has 0 bridgehead atoms. The van der Waals surface area contributed by atoms with Crippen molar-refractivity contribution in [3.05, 3.63) is 80.3 Å². The summed E-state index contributed by atoms with van der Waals surface area (Å²) in [7, 11) is 0. The Morgan fingerprint density at radius 3 is 1.54 bits per heavy atom. The maximum absolute atomic E-state index is 13.2. The normalized spacial score (nSPS) is 11.1. The first-order valence-electron chi connectivity index (χ1n) is 7.21. The molecule has 0 spiro atoms. The minimum absolute atomic E-state index is 0.435. The number of hydrazine groups is 1. The molecule has 4 nitrogen and oxygen atoms in total. The van der Waals surface area contributed by atoms with Crippen LogP contribution in [0.15, 0.2) is 57.5 Å². The predicted octanol–water partition coefficient (Wildman–Crippen LogP) is 4.36. The van der Waals surface area contributed by atoms with Crippen molar-refractivity contribution in [2.75, 3.05) is 0 Å². The topological polar surface area (TPSA) is 58.2 Å². The van der Waals surface area contributed by atoms with Crippen LogP contribution in [-0.4, -0.2) is 11.8 Å². The van der Waals surface area contributed by atoms with Crippen molar-refractivity contribution in [3.63, 3.8) is 0 Å². The van der Waals surface area contributed by atoms with Gasteiger partial charge in [0, 0.05) is 21.1 Å². The first kappa shape index (κ1) is 20.0. The highest BCUT2D eigenvalue weighted by Gasteiger charge is 2.02. The van der Waals surface area contributed by atoms with Crippen molar-refractivity contribution in [1.82, 2.24) is 10.9 Å². The molecular formula is C18H12Br2F2N2O2. The van der Waals surface area contributed by atoms with E-state index in [1.54, 1.807) is 0 Å². The molecule has 0 unspecified atom stereocenters. The van der Waals surface area contributed by atoms with Crippen LogP contribution in [0.5, 0.6) is 0 Å². The number of hydrogen-bond acceptors (Lipinski definition) is 2. The first-order valence-corrected chi connectivity index (χ1v) is 8.80. The van der Waals surface area contributed by atoms with Gasteiger partial charge in [0.1, 0.15) is 11.6 Å². The maximum Gasteiger partial charge on any atom is 0.262 e. The summed E-state index contributed by atoms with van der Waals surface area (Å²) in [4.78, 5) is 23.4. The van der Waals surface area contributed by atoms with Crippen LogP contribution in [0.4, 0.5) is 8.78 Å². The monoisotopic (exact) mass is 484 g/mol. The lowest BCUT2D eigenvalue weighted by Crippen LogP contribution is -2.39. The van der Waals surface area contributed by atoms with E-state index in [9.17, 15) is 18.4 Å². The smallest absolute Gasteiger partial charge is 0.262 e. The zero-order valence-electron chi connectivity index (χ0n) is 13.1. The van der Waals surface area contributed by atoms with Crippen LogP contribution in [0.1, 0.15) is 11.1 Å². The SMILES string of the molecule is O=C(/C=C/c1cc(F)ccc1Br)NNC(=O)/C=C/c1cc(F)ccc1Br. The van der Waals surface area contributed by atoms with Gasteiger partial charge < -0.3 is 0 Å². The van der Waals surface area contributed by atoms with E-state index in [4.69, 9.17) is 0 Å². The largest absolute Gasteiger partial charge is 0.268 e. The summed E-state index contributed by atoms with van der Waals surface area (Å²) in [6.45, 7) is 0. The van der Waals surface area contributed by atoms with Gasteiger partial charge in [0.05, 0.1) is 0 Å². The lowest BCUT2D eigenvalue weighted by atomic mass is 10.2. The molecule has 2 aromatic carbocycles. The fraction of sp³-hybridized carbons (Fsp3) is 0. The summed E-state index contributed by atoms with van der Waals surface area (Å²) < 4.78 is 27.6. The molecule has 2 rings (SSSR count). The van der Waals surface area contributed by atoms with Gasteiger partial charge in [0.2, 0.25) is 0 Å². The van der Waals surface area contributed by atoms with Crippen LogP contribution in [0.25, 0.3) is 12.2 Å². The van der Waals surface area contributed by atoms with Crippen molar-refractivity contribution in [2.24, 2.45) is 0 Å². The van der Waals surface area contributed by atoms with Gasteiger partial charge in [0.15, 0.2) is 0 Å². The van der Waals surface area contributed by atoms with E-state index in [1.807, 2.05) is 0 Å². The van der Waals surface area contributed by atoms with Gasteiger partial charge in [-0.3, -0.25) is 20.4 Å². The van der Waals surface area contributed by atoms with Gasteiger partial charge in [-0.1, -0.05) is 31.9 Å². The Labute approximate surface area is 165 Å². The average Bonchev–Trinajstić information content (AvgIpc) is 2.61. The molecule has 0 saturated carbocycles.